The first-order valence-electron chi connectivity index (χ1n) is 11.0. The van der Waals surface area contributed by atoms with Gasteiger partial charge in [-0.25, -0.2) is 0 Å². The summed E-state index contributed by atoms with van der Waals surface area (Å²) >= 11 is 1.43. The Labute approximate surface area is 192 Å². The van der Waals surface area contributed by atoms with Crippen molar-refractivity contribution in [1.82, 2.24) is 0 Å². The Bertz CT molecular complexity index is 868. The normalized spacial score (nSPS) is 36.1. The average Bonchev–Trinajstić information content (AvgIpc) is 2.74. The summed E-state index contributed by atoms with van der Waals surface area (Å²) in [5, 5.41) is 11.2. The maximum absolute atomic E-state index is 12.7. The van der Waals surface area contributed by atoms with Crippen LogP contribution < -0.4 is 0 Å². The molecule has 0 aromatic heterocycles. The molecule has 0 spiro atoms. The number of aliphatic hydroxyl groups is 1. The number of aliphatic hydroxyl groups excluding tert-OH is 1. The molecule has 1 saturated carbocycles. The number of Topliss-reactive ketones (excluding diaryl/α,β-unsaturated/α-hetero) is 2. The quantitative estimate of drug-likeness (QED) is 0.544. The lowest BCUT2D eigenvalue weighted by atomic mass is 9.70. The number of ether oxygens (including phenoxy) is 3. The van der Waals surface area contributed by atoms with Crippen LogP contribution in [0.2, 0.25) is 0 Å². The number of thioether (sulfide) groups is 1. The van der Waals surface area contributed by atoms with Gasteiger partial charge in [-0.2, -0.15) is 0 Å². The lowest BCUT2D eigenvalue weighted by Gasteiger charge is -2.46. The maximum atomic E-state index is 12.7. The summed E-state index contributed by atoms with van der Waals surface area (Å²) in [7, 11) is 0. The van der Waals surface area contributed by atoms with Crippen molar-refractivity contribution >= 4 is 29.0 Å². The van der Waals surface area contributed by atoms with Crippen molar-refractivity contribution in [2.75, 3.05) is 12.9 Å². The van der Waals surface area contributed by atoms with Gasteiger partial charge in [0.25, 0.3) is 0 Å². The van der Waals surface area contributed by atoms with Gasteiger partial charge in [0.1, 0.15) is 47.3 Å². The van der Waals surface area contributed by atoms with Gasteiger partial charge in [-0.15, -0.1) is 11.8 Å². The molecule has 2 heterocycles. The topological polar surface area (TPSA) is 94.4 Å². The molecule has 2 saturated heterocycles. The Morgan fingerprint density at radius 3 is 2.41 bits per heavy atom. The van der Waals surface area contributed by atoms with Crippen molar-refractivity contribution in [3.63, 3.8) is 0 Å². The fourth-order valence-electron chi connectivity index (χ4n) is 4.85. The molecule has 1 aromatic rings. The Hall–Kier alpha value is -1.58. The predicted octanol–water partition coefficient (Wildman–Crippen LogP) is 2.95. The van der Waals surface area contributed by atoms with Crippen molar-refractivity contribution < 1.29 is 28.9 Å². The van der Waals surface area contributed by atoms with E-state index in [9.17, 15) is 14.7 Å². The van der Waals surface area contributed by atoms with Gasteiger partial charge >= 0.3 is 0 Å². The molecule has 1 aromatic carbocycles. The summed E-state index contributed by atoms with van der Waals surface area (Å²) in [6, 6.07) is 8.89. The zero-order valence-electron chi connectivity index (χ0n) is 18.9. The zero-order valence-corrected chi connectivity index (χ0v) is 19.7. The van der Waals surface area contributed by atoms with Gasteiger partial charge in [-0.3, -0.25) is 14.6 Å². The minimum Gasteiger partial charge on any atom is -0.388 e. The Balaban J connectivity index is 1.55. The monoisotopic (exact) mass is 461 g/mol. The minimum absolute atomic E-state index is 0.108. The largest absolute Gasteiger partial charge is 0.388 e. The number of hydrogen-bond acceptors (Lipinski definition) is 8. The lowest BCUT2D eigenvalue weighted by Crippen LogP contribution is -2.60. The molecule has 0 radical (unpaired) electrons. The summed E-state index contributed by atoms with van der Waals surface area (Å²) in [6.45, 7) is 5.86. The van der Waals surface area contributed by atoms with E-state index in [1.54, 1.807) is 6.92 Å². The number of carbonyl (C=O) groups is 2. The number of ketones is 2. The van der Waals surface area contributed by atoms with E-state index in [0.29, 0.717) is 25.2 Å². The molecule has 32 heavy (non-hydrogen) atoms. The van der Waals surface area contributed by atoms with Gasteiger partial charge in [0.05, 0.1) is 6.61 Å². The van der Waals surface area contributed by atoms with E-state index in [4.69, 9.17) is 14.2 Å². The molecule has 1 aliphatic carbocycles. The second kappa shape index (κ2) is 9.35. The number of fused-ring (bicyclic) bond motifs is 1. The van der Waals surface area contributed by atoms with E-state index < -0.39 is 42.0 Å². The second-order valence-corrected chi connectivity index (χ2v) is 10.5. The highest BCUT2D eigenvalue weighted by Gasteiger charge is 2.50. The third-order valence-electron chi connectivity index (χ3n) is 6.36. The van der Waals surface area contributed by atoms with Gasteiger partial charge in [0, 0.05) is 24.1 Å². The Morgan fingerprint density at radius 2 is 1.78 bits per heavy atom. The van der Waals surface area contributed by atoms with Crippen LogP contribution in [0.1, 0.15) is 45.5 Å². The highest BCUT2D eigenvalue weighted by atomic mass is 32.2. The fourth-order valence-corrected chi connectivity index (χ4v) is 5.61. The van der Waals surface area contributed by atoms with Crippen molar-refractivity contribution in [2.45, 2.75) is 69.7 Å². The summed E-state index contributed by atoms with van der Waals surface area (Å²) in [5.74, 6) is -1.06. The number of rotatable bonds is 4. The molecule has 7 nitrogen and oxygen atoms in total. The highest BCUT2D eigenvalue weighted by Crippen LogP contribution is 2.38. The van der Waals surface area contributed by atoms with E-state index in [1.807, 2.05) is 50.4 Å². The molecule has 1 N–H and O–H groups in total. The van der Waals surface area contributed by atoms with Crippen LogP contribution in [0.5, 0.6) is 0 Å². The molecule has 1 unspecified atom stereocenters. The number of hydrogen-bond donors (Lipinski definition) is 1. The number of benzene rings is 1. The number of aliphatic imine (C=N–C) groups is 1. The molecule has 8 heteroatoms. The lowest BCUT2D eigenvalue weighted by molar-refractivity contribution is -0.305. The smallest absolute Gasteiger partial charge is 0.184 e. The van der Waals surface area contributed by atoms with Crippen molar-refractivity contribution in [2.24, 2.45) is 16.3 Å². The van der Waals surface area contributed by atoms with Crippen LogP contribution in [0.25, 0.3) is 0 Å². The molecular weight excluding hydrogens is 430 g/mol. The zero-order chi connectivity index (χ0) is 23.0. The molecule has 174 valence electrons. The Kier molecular flexibility index (Phi) is 6.89. The Morgan fingerprint density at radius 1 is 1.12 bits per heavy atom. The first kappa shape index (κ1) is 23.6. The van der Waals surface area contributed by atoms with E-state index in [1.165, 1.54) is 11.8 Å². The van der Waals surface area contributed by atoms with Crippen LogP contribution in [0.3, 0.4) is 0 Å². The van der Waals surface area contributed by atoms with E-state index in [2.05, 4.69) is 4.99 Å². The molecule has 3 fully saturated rings. The van der Waals surface area contributed by atoms with Crippen molar-refractivity contribution in [3.8, 4) is 0 Å². The van der Waals surface area contributed by atoms with Gasteiger partial charge in [-0.1, -0.05) is 44.2 Å². The summed E-state index contributed by atoms with van der Waals surface area (Å²) < 4.78 is 18.1. The predicted molar refractivity (Wildman–Crippen MR) is 122 cm³/mol. The van der Waals surface area contributed by atoms with E-state index in [0.717, 1.165) is 5.56 Å². The highest BCUT2D eigenvalue weighted by molar-refractivity contribution is 7.99. The van der Waals surface area contributed by atoms with Crippen molar-refractivity contribution in [3.05, 3.63) is 35.9 Å². The van der Waals surface area contributed by atoms with Crippen LogP contribution >= 0.6 is 11.8 Å². The van der Waals surface area contributed by atoms with E-state index >= 15 is 0 Å². The summed E-state index contributed by atoms with van der Waals surface area (Å²) in [6.07, 6.45) is -0.0427. The van der Waals surface area contributed by atoms with Crippen LogP contribution in [0.4, 0.5) is 0 Å². The fraction of sp³-hybridized carbons (Fsp3) is 0.625. The van der Waals surface area contributed by atoms with Gasteiger partial charge in [-0.05, 0) is 18.6 Å². The summed E-state index contributed by atoms with van der Waals surface area (Å²) in [4.78, 5) is 30.1. The second-order valence-electron chi connectivity index (χ2n) is 9.59. The standard InChI is InChI=1S/C24H31NO6S/c1-13(18-15(26)10-24(2,3)11-16(18)27)25-19-20(28)21-17(30-23(19)32-4)12-29-22(31-21)14-8-6-5-7-9-14/h5-9,17-23,28H,10-12H2,1-4H3/t17-,19-,20-,21-,22?,23+/m1/s1. The molecule has 0 bridgehead atoms. The van der Waals surface area contributed by atoms with Gasteiger partial charge in [0.2, 0.25) is 0 Å². The molecule has 4 rings (SSSR count). The molecule has 0 amide bonds. The number of carbonyl (C=O) groups excluding carboxylic acids is 2. The van der Waals surface area contributed by atoms with Gasteiger partial charge in [0.15, 0.2) is 6.29 Å². The molecule has 6 atom stereocenters. The third kappa shape index (κ3) is 4.70. The molecule has 3 aliphatic rings. The van der Waals surface area contributed by atoms with Crippen LogP contribution in [0.15, 0.2) is 35.3 Å². The molecular formula is C24H31NO6S. The first-order chi connectivity index (χ1) is 15.2. The maximum Gasteiger partial charge on any atom is 0.184 e. The van der Waals surface area contributed by atoms with Crippen LogP contribution in [-0.4, -0.2) is 65.0 Å². The SMILES string of the molecule is CS[C@@H]1O[C@@H]2COC(c3ccccc3)O[C@H]2[C@H](O)[C@H]1N=C(C)C1C(=O)CC(C)(C)CC1=O. The van der Waals surface area contributed by atoms with Crippen LogP contribution in [0, 0.1) is 11.3 Å². The minimum atomic E-state index is -0.957. The average molecular weight is 462 g/mol. The third-order valence-corrected chi connectivity index (χ3v) is 7.21. The van der Waals surface area contributed by atoms with Gasteiger partial charge < -0.3 is 19.3 Å². The first-order valence-corrected chi connectivity index (χ1v) is 12.3. The van der Waals surface area contributed by atoms with E-state index in [-0.39, 0.29) is 17.0 Å². The van der Waals surface area contributed by atoms with Crippen LogP contribution in [-0.2, 0) is 23.8 Å². The number of nitrogens with zero attached hydrogens (tertiary/aromatic N) is 1. The summed E-state index contributed by atoms with van der Waals surface area (Å²) in [5.41, 5.74) is 0.539. The molecule has 2 aliphatic heterocycles. The van der Waals surface area contributed by atoms with Crippen molar-refractivity contribution in [1.29, 1.82) is 0 Å².